The molecule has 0 heterocycles. The van der Waals surface area contributed by atoms with Crippen molar-refractivity contribution in [3.63, 3.8) is 0 Å². The summed E-state index contributed by atoms with van der Waals surface area (Å²) in [6, 6.07) is 1.61. The predicted octanol–water partition coefficient (Wildman–Crippen LogP) is 1.44. The van der Waals surface area contributed by atoms with E-state index in [1.807, 2.05) is 0 Å². The van der Waals surface area contributed by atoms with E-state index in [-0.39, 0.29) is 22.8 Å². The topological polar surface area (TPSA) is 72.5 Å². The number of carboxylic acid groups (broad SMARTS) is 1. The van der Waals surface area contributed by atoms with Gasteiger partial charge in [-0.3, -0.25) is 4.79 Å². The molecule has 3 N–H and O–H groups in total. The van der Waals surface area contributed by atoms with Gasteiger partial charge in [-0.1, -0.05) is 11.6 Å². The molecule has 1 unspecified atom stereocenters. The van der Waals surface area contributed by atoms with Crippen LogP contribution in [0.1, 0.15) is 5.56 Å². The fraction of sp³-hybridized carbons (Fsp3) is 0.300. The number of halogens is 2. The second-order valence-electron chi connectivity index (χ2n) is 3.19. The van der Waals surface area contributed by atoms with Gasteiger partial charge >= 0.3 is 5.97 Å². The predicted molar refractivity (Wildman–Crippen MR) is 57.3 cm³/mol. The van der Waals surface area contributed by atoms with Crippen LogP contribution in [0, 0.1) is 5.82 Å². The molecule has 0 radical (unpaired) electrons. The Labute approximate surface area is 96.8 Å². The van der Waals surface area contributed by atoms with Crippen molar-refractivity contribution in [3.05, 3.63) is 28.5 Å². The Kier molecular flexibility index (Phi) is 4.09. The van der Waals surface area contributed by atoms with Crippen molar-refractivity contribution in [2.75, 3.05) is 7.11 Å². The Hall–Kier alpha value is -1.33. The lowest BCUT2D eigenvalue weighted by Crippen LogP contribution is -2.32. The molecule has 0 fully saturated rings. The molecule has 0 aromatic heterocycles. The van der Waals surface area contributed by atoms with Crippen LogP contribution in [0.4, 0.5) is 4.39 Å². The molecule has 4 nitrogen and oxygen atoms in total. The molecule has 0 saturated heterocycles. The number of benzene rings is 1. The SMILES string of the molecule is COc1ccc(Cl)c(CC(N)C(=O)O)c1F. The number of carboxylic acids is 1. The van der Waals surface area contributed by atoms with E-state index in [0.717, 1.165) is 0 Å². The number of aliphatic carboxylic acids is 1. The van der Waals surface area contributed by atoms with Crippen LogP contribution in [0.15, 0.2) is 12.1 Å². The Bertz CT molecular complexity index is 411. The number of hydrogen-bond donors (Lipinski definition) is 2. The third-order valence-corrected chi connectivity index (χ3v) is 2.47. The Morgan fingerprint density at radius 1 is 1.69 bits per heavy atom. The highest BCUT2D eigenvalue weighted by molar-refractivity contribution is 6.31. The zero-order valence-corrected chi connectivity index (χ0v) is 9.29. The van der Waals surface area contributed by atoms with Crippen molar-refractivity contribution < 1.29 is 19.0 Å². The molecule has 1 rings (SSSR count). The first-order valence-electron chi connectivity index (χ1n) is 4.46. The molecular formula is C10H11ClFNO3. The quantitative estimate of drug-likeness (QED) is 0.845. The number of hydrogen-bond acceptors (Lipinski definition) is 3. The van der Waals surface area contributed by atoms with Crippen LogP contribution >= 0.6 is 11.6 Å². The molecular weight excluding hydrogens is 237 g/mol. The van der Waals surface area contributed by atoms with Crippen LogP contribution in [0.2, 0.25) is 5.02 Å². The number of nitrogens with two attached hydrogens (primary N) is 1. The normalized spacial score (nSPS) is 12.2. The average molecular weight is 248 g/mol. The summed E-state index contributed by atoms with van der Waals surface area (Å²) in [4.78, 5) is 10.6. The summed E-state index contributed by atoms with van der Waals surface area (Å²) < 4.78 is 18.5. The van der Waals surface area contributed by atoms with Crippen LogP contribution in [-0.2, 0) is 11.2 Å². The molecule has 0 amide bonds. The van der Waals surface area contributed by atoms with Gasteiger partial charge in [-0.2, -0.15) is 0 Å². The lowest BCUT2D eigenvalue weighted by molar-refractivity contribution is -0.138. The first kappa shape index (κ1) is 12.7. The highest BCUT2D eigenvalue weighted by Crippen LogP contribution is 2.27. The molecule has 88 valence electrons. The summed E-state index contributed by atoms with van der Waals surface area (Å²) in [7, 11) is 1.31. The number of rotatable bonds is 4. The lowest BCUT2D eigenvalue weighted by Gasteiger charge is -2.11. The Balaban J connectivity index is 3.07. The van der Waals surface area contributed by atoms with Crippen LogP contribution in [0.5, 0.6) is 5.75 Å². The third-order valence-electron chi connectivity index (χ3n) is 2.11. The van der Waals surface area contributed by atoms with E-state index in [1.165, 1.54) is 19.2 Å². The fourth-order valence-electron chi connectivity index (χ4n) is 1.23. The Morgan fingerprint density at radius 2 is 2.31 bits per heavy atom. The monoisotopic (exact) mass is 247 g/mol. The Morgan fingerprint density at radius 3 is 2.81 bits per heavy atom. The van der Waals surface area contributed by atoms with Gasteiger partial charge in [0.2, 0.25) is 0 Å². The lowest BCUT2D eigenvalue weighted by atomic mass is 10.1. The smallest absolute Gasteiger partial charge is 0.320 e. The molecule has 0 spiro atoms. The molecule has 0 saturated carbocycles. The summed E-state index contributed by atoms with van der Waals surface area (Å²) in [5.74, 6) is -1.87. The van der Waals surface area contributed by atoms with Crippen molar-refractivity contribution >= 4 is 17.6 Å². The van der Waals surface area contributed by atoms with Gasteiger partial charge in [0.05, 0.1) is 7.11 Å². The fourth-order valence-corrected chi connectivity index (χ4v) is 1.45. The maximum Gasteiger partial charge on any atom is 0.320 e. The molecule has 0 aliphatic carbocycles. The van der Waals surface area contributed by atoms with Gasteiger partial charge in [-0.15, -0.1) is 0 Å². The maximum atomic E-state index is 13.7. The van der Waals surface area contributed by atoms with Gasteiger partial charge in [-0.25, -0.2) is 4.39 Å². The van der Waals surface area contributed by atoms with Crippen LogP contribution in [0.25, 0.3) is 0 Å². The molecule has 16 heavy (non-hydrogen) atoms. The van der Waals surface area contributed by atoms with Crippen LogP contribution < -0.4 is 10.5 Å². The molecule has 6 heteroatoms. The molecule has 0 bridgehead atoms. The first-order chi connectivity index (χ1) is 7.47. The van der Waals surface area contributed by atoms with Crippen molar-refractivity contribution in [2.45, 2.75) is 12.5 Å². The van der Waals surface area contributed by atoms with Gasteiger partial charge < -0.3 is 15.6 Å². The van der Waals surface area contributed by atoms with Crippen molar-refractivity contribution in [1.82, 2.24) is 0 Å². The van der Waals surface area contributed by atoms with E-state index >= 15 is 0 Å². The summed E-state index contributed by atoms with van der Waals surface area (Å²) in [6.07, 6.45) is -0.183. The van der Waals surface area contributed by atoms with Crippen molar-refractivity contribution in [2.24, 2.45) is 5.73 Å². The van der Waals surface area contributed by atoms with E-state index < -0.39 is 17.8 Å². The van der Waals surface area contributed by atoms with Gasteiger partial charge in [-0.05, 0) is 12.1 Å². The standard InChI is InChI=1S/C10H11ClFNO3/c1-16-8-3-2-6(11)5(9(8)12)4-7(13)10(14)15/h2-3,7H,4,13H2,1H3,(H,14,15). The summed E-state index contributed by atoms with van der Waals surface area (Å²) >= 11 is 5.76. The van der Waals surface area contributed by atoms with Gasteiger partial charge in [0.1, 0.15) is 6.04 Å². The van der Waals surface area contributed by atoms with Crippen molar-refractivity contribution in [1.29, 1.82) is 0 Å². The summed E-state index contributed by atoms with van der Waals surface area (Å²) in [6.45, 7) is 0. The highest BCUT2D eigenvalue weighted by Gasteiger charge is 2.19. The average Bonchev–Trinajstić information content (AvgIpc) is 2.24. The van der Waals surface area contributed by atoms with Crippen LogP contribution in [-0.4, -0.2) is 24.2 Å². The number of carbonyl (C=O) groups is 1. The minimum Gasteiger partial charge on any atom is -0.494 e. The minimum atomic E-state index is -1.21. The maximum absolute atomic E-state index is 13.7. The molecule has 0 aliphatic rings. The zero-order chi connectivity index (χ0) is 12.3. The van der Waals surface area contributed by atoms with Gasteiger partial charge in [0, 0.05) is 17.0 Å². The first-order valence-corrected chi connectivity index (χ1v) is 4.84. The number of ether oxygens (including phenoxy) is 1. The number of methoxy groups -OCH3 is 1. The van der Waals surface area contributed by atoms with Gasteiger partial charge in [0.15, 0.2) is 11.6 Å². The zero-order valence-electron chi connectivity index (χ0n) is 8.54. The van der Waals surface area contributed by atoms with Crippen LogP contribution in [0.3, 0.4) is 0 Å². The van der Waals surface area contributed by atoms with E-state index in [9.17, 15) is 9.18 Å². The summed E-state index contributed by atoms with van der Waals surface area (Å²) in [5.41, 5.74) is 5.36. The van der Waals surface area contributed by atoms with Gasteiger partial charge in [0.25, 0.3) is 0 Å². The molecule has 0 aliphatic heterocycles. The van der Waals surface area contributed by atoms with E-state index in [1.54, 1.807) is 0 Å². The molecule has 1 aromatic carbocycles. The minimum absolute atomic E-state index is 0.0111. The second kappa shape index (κ2) is 5.14. The largest absolute Gasteiger partial charge is 0.494 e. The highest BCUT2D eigenvalue weighted by atomic mass is 35.5. The second-order valence-corrected chi connectivity index (χ2v) is 3.60. The summed E-state index contributed by atoms with van der Waals surface area (Å²) in [5, 5.41) is 8.76. The van der Waals surface area contributed by atoms with E-state index in [2.05, 4.69) is 0 Å². The van der Waals surface area contributed by atoms with E-state index in [0.29, 0.717) is 0 Å². The molecule has 1 atom stereocenters. The van der Waals surface area contributed by atoms with Crippen molar-refractivity contribution in [3.8, 4) is 5.75 Å². The van der Waals surface area contributed by atoms with E-state index in [4.69, 9.17) is 27.2 Å². The third kappa shape index (κ3) is 2.62. The molecule has 1 aromatic rings.